The number of likely N-dealkylation sites (tertiary alicyclic amines) is 1. The van der Waals surface area contributed by atoms with Gasteiger partial charge in [0, 0.05) is 20.2 Å². The zero-order valence-electron chi connectivity index (χ0n) is 24.0. The molecule has 3 rings (SSSR count). The van der Waals surface area contributed by atoms with E-state index >= 15 is 0 Å². The predicted octanol–water partition coefficient (Wildman–Crippen LogP) is 5.72. The molecule has 38 heavy (non-hydrogen) atoms. The van der Waals surface area contributed by atoms with Crippen molar-refractivity contribution in [3.8, 4) is 5.75 Å². The highest BCUT2D eigenvalue weighted by atomic mass is 16.5. The fourth-order valence-electron chi connectivity index (χ4n) is 5.07. The average molecular weight is 524 g/mol. The van der Waals surface area contributed by atoms with E-state index in [1.165, 1.54) is 16.0 Å². The molecule has 0 saturated carbocycles. The summed E-state index contributed by atoms with van der Waals surface area (Å²) in [5.41, 5.74) is 2.71. The van der Waals surface area contributed by atoms with Crippen LogP contribution in [-0.4, -0.2) is 61.8 Å². The highest BCUT2D eigenvalue weighted by Gasteiger charge is 2.63. The van der Waals surface area contributed by atoms with Crippen LogP contribution in [-0.2, 0) is 16.0 Å². The Hall–Kier alpha value is -2.90. The molecular formula is C31H45N3O4. The molecule has 7 nitrogen and oxygen atoms in total. The van der Waals surface area contributed by atoms with Crippen molar-refractivity contribution in [1.82, 2.24) is 15.1 Å². The summed E-state index contributed by atoms with van der Waals surface area (Å²) in [6, 6.07) is 15.6. The number of carbonyl (C=O) groups is 2. The van der Waals surface area contributed by atoms with E-state index in [0.717, 1.165) is 37.9 Å². The minimum absolute atomic E-state index is 0.166. The fraction of sp³-hybridized carbons (Fsp3) is 0.548. The van der Waals surface area contributed by atoms with Crippen LogP contribution < -0.4 is 10.1 Å². The van der Waals surface area contributed by atoms with Crippen LogP contribution in [0.2, 0.25) is 0 Å². The number of hydrogen-bond donors (Lipinski definition) is 1. The van der Waals surface area contributed by atoms with E-state index in [9.17, 15) is 9.59 Å². The van der Waals surface area contributed by atoms with Gasteiger partial charge in [0.1, 0.15) is 11.2 Å². The van der Waals surface area contributed by atoms with Gasteiger partial charge in [-0.2, -0.15) is 0 Å². The Morgan fingerprint density at radius 2 is 1.71 bits per heavy atom. The van der Waals surface area contributed by atoms with Crippen molar-refractivity contribution < 1.29 is 19.1 Å². The average Bonchev–Trinajstić information content (AvgIpc) is 2.92. The van der Waals surface area contributed by atoms with Crippen LogP contribution in [0.4, 0.5) is 4.79 Å². The summed E-state index contributed by atoms with van der Waals surface area (Å²) in [7, 11) is 3.80. The quantitative estimate of drug-likeness (QED) is 0.321. The summed E-state index contributed by atoms with van der Waals surface area (Å²) in [5.74, 6) is 0.492. The molecule has 1 aliphatic heterocycles. The van der Waals surface area contributed by atoms with Crippen molar-refractivity contribution in [2.24, 2.45) is 5.41 Å². The van der Waals surface area contributed by atoms with Gasteiger partial charge in [-0.3, -0.25) is 4.79 Å². The molecule has 1 fully saturated rings. The minimum Gasteiger partial charge on any atom is -0.469 e. The molecule has 3 amide bonds. The molecule has 0 unspecified atom stereocenters. The summed E-state index contributed by atoms with van der Waals surface area (Å²) in [4.78, 5) is 30.3. The molecule has 7 heteroatoms. The van der Waals surface area contributed by atoms with Gasteiger partial charge < -0.3 is 19.7 Å². The van der Waals surface area contributed by atoms with Crippen molar-refractivity contribution in [2.45, 2.75) is 72.1 Å². The summed E-state index contributed by atoms with van der Waals surface area (Å²) in [6.45, 7) is 10.7. The number of aryl methyl sites for hydroxylation is 1. The summed E-state index contributed by atoms with van der Waals surface area (Å²) < 4.78 is 11.5. The predicted molar refractivity (Wildman–Crippen MR) is 151 cm³/mol. The van der Waals surface area contributed by atoms with Gasteiger partial charge in [0.15, 0.2) is 6.23 Å². The van der Waals surface area contributed by atoms with Gasteiger partial charge in [0.2, 0.25) is 5.91 Å². The monoisotopic (exact) mass is 523 g/mol. The van der Waals surface area contributed by atoms with Crippen LogP contribution >= 0.6 is 0 Å². The number of carbonyl (C=O) groups excluding carboxylic acids is 2. The molecule has 0 bridgehead atoms. The third-order valence-electron chi connectivity index (χ3n) is 7.82. The van der Waals surface area contributed by atoms with Crippen molar-refractivity contribution >= 4 is 11.9 Å². The number of methoxy groups -OCH3 is 1. The number of amides is 3. The number of nitrogens with zero attached hydrogens (tertiary/aromatic N) is 2. The molecule has 0 aliphatic carbocycles. The summed E-state index contributed by atoms with van der Waals surface area (Å²) in [6.07, 6.45) is 3.20. The van der Waals surface area contributed by atoms with Gasteiger partial charge in [0.25, 0.3) is 0 Å². The topological polar surface area (TPSA) is 71.1 Å². The number of benzene rings is 2. The van der Waals surface area contributed by atoms with Gasteiger partial charge in [-0.1, -0.05) is 69.2 Å². The fourth-order valence-corrected chi connectivity index (χ4v) is 5.07. The Morgan fingerprint density at radius 3 is 2.29 bits per heavy atom. The van der Waals surface area contributed by atoms with E-state index < -0.39 is 17.7 Å². The highest BCUT2D eigenvalue weighted by molar-refractivity contribution is 6.03. The largest absolute Gasteiger partial charge is 0.469 e. The van der Waals surface area contributed by atoms with E-state index in [4.69, 9.17) is 9.47 Å². The van der Waals surface area contributed by atoms with Crippen LogP contribution in [0.5, 0.6) is 5.75 Å². The molecule has 2 atom stereocenters. The Kier molecular flexibility index (Phi) is 10.7. The Morgan fingerprint density at radius 1 is 1.05 bits per heavy atom. The molecule has 208 valence electrons. The molecule has 1 saturated heterocycles. The second-order valence-electron chi connectivity index (χ2n) is 10.4. The van der Waals surface area contributed by atoms with E-state index in [1.54, 1.807) is 7.11 Å². The van der Waals surface area contributed by atoms with E-state index in [-0.39, 0.29) is 11.9 Å². The number of hydrogen-bond acceptors (Lipinski definition) is 5. The summed E-state index contributed by atoms with van der Waals surface area (Å²) >= 11 is 0. The molecule has 0 aromatic heterocycles. The molecule has 2 aromatic carbocycles. The maximum absolute atomic E-state index is 13.5. The lowest BCUT2D eigenvalue weighted by Crippen LogP contribution is -2.73. The normalized spacial score (nSPS) is 17.3. The van der Waals surface area contributed by atoms with E-state index in [1.807, 2.05) is 57.2 Å². The van der Waals surface area contributed by atoms with Crippen molar-refractivity contribution in [3.05, 3.63) is 65.2 Å². The Balaban J connectivity index is 1.72. The second kappa shape index (κ2) is 13.8. The number of rotatable bonds is 14. The maximum atomic E-state index is 13.5. The SMILES string of the molecule is CCC[C@@H](NC(=O)N1C(=O)C(CC)(CC)[C@@H]1Oc1ccc(CCN(C)CCOC)cc1)c1ccc(C)cc1. The molecule has 0 spiro atoms. The first-order chi connectivity index (χ1) is 18.3. The van der Waals surface area contributed by atoms with Crippen LogP contribution in [0.1, 0.15) is 69.2 Å². The number of imide groups is 1. The van der Waals surface area contributed by atoms with Gasteiger partial charge in [-0.15, -0.1) is 0 Å². The lowest BCUT2D eigenvalue weighted by atomic mass is 9.72. The van der Waals surface area contributed by atoms with Crippen LogP contribution in [0.25, 0.3) is 0 Å². The number of ether oxygens (including phenoxy) is 2. The Bertz CT molecular complexity index is 1030. The van der Waals surface area contributed by atoms with Crippen molar-refractivity contribution in [1.29, 1.82) is 0 Å². The molecule has 1 aliphatic rings. The lowest BCUT2D eigenvalue weighted by molar-refractivity contribution is -0.191. The van der Waals surface area contributed by atoms with E-state index in [0.29, 0.717) is 25.2 Å². The summed E-state index contributed by atoms with van der Waals surface area (Å²) in [5, 5.41) is 3.11. The van der Waals surface area contributed by atoms with Gasteiger partial charge >= 0.3 is 6.03 Å². The molecule has 0 radical (unpaired) electrons. The third kappa shape index (κ3) is 6.75. The van der Waals surface area contributed by atoms with Crippen molar-refractivity contribution in [2.75, 3.05) is 33.9 Å². The molecule has 1 heterocycles. The zero-order chi connectivity index (χ0) is 27.7. The number of urea groups is 1. The van der Waals surface area contributed by atoms with Crippen LogP contribution in [0.15, 0.2) is 48.5 Å². The number of likely N-dealkylation sites (N-methyl/N-ethyl adjacent to an activating group) is 1. The number of nitrogens with one attached hydrogen (secondary N) is 1. The third-order valence-corrected chi connectivity index (χ3v) is 7.82. The molecular weight excluding hydrogens is 478 g/mol. The van der Waals surface area contributed by atoms with Gasteiger partial charge in [-0.05, 0) is 62.9 Å². The van der Waals surface area contributed by atoms with E-state index in [2.05, 4.69) is 36.3 Å². The highest BCUT2D eigenvalue weighted by Crippen LogP contribution is 2.46. The smallest absolute Gasteiger partial charge is 0.327 e. The first-order valence-electron chi connectivity index (χ1n) is 13.9. The Labute approximate surface area is 228 Å². The molecule has 1 N–H and O–H groups in total. The second-order valence-corrected chi connectivity index (χ2v) is 10.4. The van der Waals surface area contributed by atoms with Gasteiger partial charge in [-0.25, -0.2) is 9.69 Å². The lowest BCUT2D eigenvalue weighted by Gasteiger charge is -2.53. The minimum atomic E-state index is -0.704. The molecule has 2 aromatic rings. The number of β-lactam (4-membered cyclic amide) rings is 1. The maximum Gasteiger partial charge on any atom is 0.327 e. The van der Waals surface area contributed by atoms with Crippen LogP contribution in [0, 0.1) is 12.3 Å². The van der Waals surface area contributed by atoms with Crippen molar-refractivity contribution in [3.63, 3.8) is 0 Å². The first-order valence-corrected chi connectivity index (χ1v) is 13.9. The van der Waals surface area contributed by atoms with Gasteiger partial charge in [0.05, 0.1) is 12.6 Å². The standard InChI is InChI=1S/C31H45N3O4/c1-7-10-27(25-15-11-23(4)12-16-25)32-30(36)34-28(35)31(8-2,9-3)29(34)38-26-17-13-24(14-18-26)19-20-33(5)21-22-37-6/h11-18,27,29H,7-10,19-22H2,1-6H3,(H,32,36)/t27-,29+/m1/s1. The van der Waals surface area contributed by atoms with Crippen LogP contribution in [0.3, 0.4) is 0 Å². The first kappa shape index (κ1) is 29.7. The zero-order valence-corrected chi connectivity index (χ0v) is 24.0.